The number of hydrogen-bond acceptors (Lipinski definition) is 6. The smallest absolute Gasteiger partial charge is 0.256 e. The van der Waals surface area contributed by atoms with Crippen molar-refractivity contribution in [1.29, 1.82) is 0 Å². The van der Waals surface area contributed by atoms with Crippen molar-refractivity contribution in [2.24, 2.45) is 0 Å². The molecule has 0 bridgehead atoms. The van der Waals surface area contributed by atoms with Crippen LogP contribution in [0, 0.1) is 0 Å². The average Bonchev–Trinajstić information content (AvgIpc) is 2.46. The second kappa shape index (κ2) is 7.53. The monoisotopic (exact) mass is 305 g/mol. The normalized spacial score (nSPS) is 17.1. The van der Waals surface area contributed by atoms with Gasteiger partial charge in [-0.3, -0.25) is 4.79 Å². The zero-order chi connectivity index (χ0) is 15.3. The van der Waals surface area contributed by atoms with E-state index in [1.165, 1.54) is 24.3 Å². The molecular weight excluding hydrogens is 290 g/mol. The van der Waals surface area contributed by atoms with Gasteiger partial charge in [-0.15, -0.1) is 0 Å². The summed E-state index contributed by atoms with van der Waals surface area (Å²) in [5, 5.41) is 49.0. The van der Waals surface area contributed by atoms with Gasteiger partial charge in [0.1, 0.15) is 18.3 Å². The lowest BCUT2D eigenvalue weighted by atomic mass is 10.0. The largest absolute Gasteiger partial charge is 0.394 e. The molecule has 0 saturated carbocycles. The number of aliphatic hydroxyl groups excluding tert-OH is 5. The fourth-order valence-corrected chi connectivity index (χ4v) is 1.55. The predicted octanol–water partition coefficient (Wildman–Crippen LogP) is -1.29. The molecule has 0 heterocycles. The van der Waals surface area contributed by atoms with Gasteiger partial charge in [-0.2, -0.15) is 0 Å². The molecule has 0 aromatic heterocycles. The van der Waals surface area contributed by atoms with Crippen molar-refractivity contribution in [3.63, 3.8) is 0 Å². The van der Waals surface area contributed by atoms with E-state index in [0.717, 1.165) is 0 Å². The highest BCUT2D eigenvalue weighted by molar-refractivity contribution is 6.30. The van der Waals surface area contributed by atoms with Gasteiger partial charge in [0.2, 0.25) is 0 Å². The van der Waals surface area contributed by atoms with Crippen molar-refractivity contribution >= 4 is 23.2 Å². The van der Waals surface area contributed by atoms with Crippen LogP contribution in [0.5, 0.6) is 0 Å². The minimum absolute atomic E-state index is 0.336. The Balaban J connectivity index is 2.64. The third kappa shape index (κ3) is 4.41. The molecule has 0 radical (unpaired) electrons. The van der Waals surface area contributed by atoms with E-state index in [0.29, 0.717) is 10.7 Å². The van der Waals surface area contributed by atoms with Crippen LogP contribution in [0.25, 0.3) is 0 Å². The Morgan fingerprint density at radius 2 is 1.65 bits per heavy atom. The summed E-state index contributed by atoms with van der Waals surface area (Å²) in [4.78, 5) is 11.6. The number of hydrogen-bond donors (Lipinski definition) is 6. The number of halogens is 1. The van der Waals surface area contributed by atoms with Gasteiger partial charge >= 0.3 is 0 Å². The molecule has 1 rings (SSSR count). The zero-order valence-corrected chi connectivity index (χ0v) is 11.1. The first kappa shape index (κ1) is 16.8. The van der Waals surface area contributed by atoms with Crippen LogP contribution in [0.2, 0.25) is 5.02 Å². The number of anilines is 1. The second-order valence-corrected chi connectivity index (χ2v) is 4.61. The summed E-state index contributed by atoms with van der Waals surface area (Å²) in [6.45, 7) is -0.816. The van der Waals surface area contributed by atoms with Gasteiger partial charge in [0.05, 0.1) is 6.61 Å². The molecule has 0 saturated heterocycles. The van der Waals surface area contributed by atoms with Crippen LogP contribution in [0.4, 0.5) is 5.69 Å². The van der Waals surface area contributed by atoms with Gasteiger partial charge in [0.25, 0.3) is 5.91 Å². The topological polar surface area (TPSA) is 130 Å². The van der Waals surface area contributed by atoms with E-state index in [-0.39, 0.29) is 0 Å². The van der Waals surface area contributed by atoms with E-state index in [1.54, 1.807) is 0 Å². The van der Waals surface area contributed by atoms with Crippen molar-refractivity contribution in [1.82, 2.24) is 0 Å². The maximum absolute atomic E-state index is 11.6. The van der Waals surface area contributed by atoms with Crippen molar-refractivity contribution in [2.75, 3.05) is 11.9 Å². The van der Waals surface area contributed by atoms with Crippen molar-refractivity contribution < 1.29 is 30.3 Å². The lowest BCUT2D eigenvalue weighted by Gasteiger charge is -2.24. The molecule has 7 nitrogen and oxygen atoms in total. The SMILES string of the molecule is O=C(Nc1ccc(Cl)cc1)[C@@H](O)[C@@H](O)[C@H](O)[C@H](O)CO. The third-order valence-corrected chi connectivity index (χ3v) is 2.89. The molecule has 20 heavy (non-hydrogen) atoms. The fourth-order valence-electron chi connectivity index (χ4n) is 1.43. The molecule has 4 atom stereocenters. The summed E-state index contributed by atoms with van der Waals surface area (Å²) >= 11 is 5.67. The number of carbonyl (C=O) groups is 1. The number of nitrogens with one attached hydrogen (secondary N) is 1. The van der Waals surface area contributed by atoms with Crippen LogP contribution in [0.3, 0.4) is 0 Å². The van der Waals surface area contributed by atoms with Crippen LogP contribution in [0.1, 0.15) is 0 Å². The van der Waals surface area contributed by atoms with Crippen molar-refractivity contribution in [3.8, 4) is 0 Å². The number of benzene rings is 1. The summed E-state index contributed by atoms with van der Waals surface area (Å²) in [6, 6.07) is 6.01. The number of aliphatic hydroxyl groups is 5. The molecule has 1 aromatic carbocycles. The molecule has 0 aliphatic rings. The summed E-state index contributed by atoms with van der Waals surface area (Å²) in [6.07, 6.45) is -7.43. The van der Waals surface area contributed by atoms with Crippen molar-refractivity contribution in [3.05, 3.63) is 29.3 Å². The first-order valence-corrected chi connectivity index (χ1v) is 6.14. The van der Waals surface area contributed by atoms with Crippen LogP contribution in [-0.4, -0.2) is 62.5 Å². The van der Waals surface area contributed by atoms with Crippen LogP contribution in [0.15, 0.2) is 24.3 Å². The van der Waals surface area contributed by atoms with Gasteiger partial charge in [0.15, 0.2) is 6.10 Å². The number of amides is 1. The number of rotatable bonds is 6. The molecular formula is C12H16ClNO6. The highest BCUT2D eigenvalue weighted by atomic mass is 35.5. The number of carbonyl (C=O) groups excluding carboxylic acids is 1. The Morgan fingerprint density at radius 3 is 2.15 bits per heavy atom. The molecule has 0 fully saturated rings. The Hall–Kier alpha value is -1.22. The van der Waals surface area contributed by atoms with E-state index in [1.807, 2.05) is 0 Å². The minimum atomic E-state index is -1.97. The Bertz CT molecular complexity index is 440. The van der Waals surface area contributed by atoms with E-state index in [4.69, 9.17) is 21.8 Å². The molecule has 0 aliphatic heterocycles. The van der Waals surface area contributed by atoms with E-state index < -0.39 is 36.9 Å². The highest BCUT2D eigenvalue weighted by Gasteiger charge is 2.34. The van der Waals surface area contributed by atoms with Crippen molar-refractivity contribution in [2.45, 2.75) is 24.4 Å². The van der Waals surface area contributed by atoms with E-state index in [2.05, 4.69) is 5.32 Å². The lowest BCUT2D eigenvalue weighted by Crippen LogP contribution is -2.50. The molecule has 112 valence electrons. The van der Waals surface area contributed by atoms with Crippen LogP contribution >= 0.6 is 11.6 Å². The van der Waals surface area contributed by atoms with Crippen LogP contribution < -0.4 is 5.32 Å². The van der Waals surface area contributed by atoms with Gasteiger partial charge < -0.3 is 30.8 Å². The third-order valence-electron chi connectivity index (χ3n) is 2.64. The summed E-state index contributed by atoms with van der Waals surface area (Å²) < 4.78 is 0. The Labute approximate surface area is 120 Å². The molecule has 1 aromatic rings. The van der Waals surface area contributed by atoms with Gasteiger partial charge in [0, 0.05) is 10.7 Å². The second-order valence-electron chi connectivity index (χ2n) is 4.17. The molecule has 0 unspecified atom stereocenters. The maximum Gasteiger partial charge on any atom is 0.256 e. The Morgan fingerprint density at radius 1 is 1.10 bits per heavy atom. The van der Waals surface area contributed by atoms with E-state index in [9.17, 15) is 20.1 Å². The zero-order valence-electron chi connectivity index (χ0n) is 10.3. The molecule has 0 spiro atoms. The molecule has 0 aliphatic carbocycles. The van der Waals surface area contributed by atoms with Gasteiger partial charge in [-0.05, 0) is 24.3 Å². The first-order valence-electron chi connectivity index (χ1n) is 5.76. The Kier molecular flexibility index (Phi) is 6.34. The minimum Gasteiger partial charge on any atom is -0.394 e. The molecule has 1 amide bonds. The first-order chi connectivity index (χ1) is 9.36. The lowest BCUT2D eigenvalue weighted by molar-refractivity contribution is -0.144. The summed E-state index contributed by atoms with van der Waals surface area (Å²) in [5.41, 5.74) is 0.336. The summed E-state index contributed by atoms with van der Waals surface area (Å²) in [5.74, 6) is -0.969. The standard InChI is InChI=1S/C12H16ClNO6/c13-6-1-3-7(4-2-6)14-12(20)11(19)10(18)9(17)8(16)5-15/h1-4,8-11,15-19H,5H2,(H,14,20)/t8-,9-,10+,11+/m1/s1. The predicted molar refractivity (Wildman–Crippen MR) is 71.2 cm³/mol. The highest BCUT2D eigenvalue weighted by Crippen LogP contribution is 2.14. The molecule has 8 heteroatoms. The van der Waals surface area contributed by atoms with Gasteiger partial charge in [-0.1, -0.05) is 11.6 Å². The van der Waals surface area contributed by atoms with Gasteiger partial charge in [-0.25, -0.2) is 0 Å². The van der Waals surface area contributed by atoms with E-state index >= 15 is 0 Å². The van der Waals surface area contributed by atoms with Crippen LogP contribution in [-0.2, 0) is 4.79 Å². The summed E-state index contributed by atoms with van der Waals surface area (Å²) in [7, 11) is 0. The fraction of sp³-hybridized carbons (Fsp3) is 0.417. The average molecular weight is 306 g/mol. The maximum atomic E-state index is 11.6. The molecule has 6 N–H and O–H groups in total. The quantitative estimate of drug-likeness (QED) is 0.388.